The summed E-state index contributed by atoms with van der Waals surface area (Å²) in [7, 11) is 0. The summed E-state index contributed by atoms with van der Waals surface area (Å²) in [5, 5.41) is 3.21. The zero-order valence-corrected chi connectivity index (χ0v) is 11.9. The zero-order chi connectivity index (χ0) is 13.8. The number of nitrogens with one attached hydrogen (secondary N) is 1. The number of benzene rings is 1. The fourth-order valence-electron chi connectivity index (χ4n) is 1.94. The lowest BCUT2D eigenvalue weighted by molar-refractivity contribution is 0.583. The van der Waals surface area contributed by atoms with Crippen LogP contribution >= 0.6 is 15.9 Å². The van der Waals surface area contributed by atoms with Gasteiger partial charge in [-0.15, -0.1) is 0 Å². The first-order chi connectivity index (χ1) is 9.13. The van der Waals surface area contributed by atoms with Crippen molar-refractivity contribution < 1.29 is 8.78 Å². The molecule has 0 bridgehead atoms. The van der Waals surface area contributed by atoms with E-state index in [9.17, 15) is 8.78 Å². The second-order valence-corrected chi connectivity index (χ2v) is 4.86. The smallest absolute Gasteiger partial charge is 0.141 e. The average molecular weight is 327 g/mol. The molecule has 0 amide bonds. The van der Waals surface area contributed by atoms with Crippen LogP contribution in [-0.4, -0.2) is 11.5 Å². The molecule has 2 aromatic rings. The van der Waals surface area contributed by atoms with Crippen LogP contribution < -0.4 is 5.32 Å². The van der Waals surface area contributed by atoms with E-state index in [2.05, 4.69) is 26.2 Å². The van der Waals surface area contributed by atoms with Gasteiger partial charge in [0.25, 0.3) is 0 Å². The van der Waals surface area contributed by atoms with E-state index >= 15 is 0 Å². The van der Waals surface area contributed by atoms with Gasteiger partial charge in [-0.3, -0.25) is 4.98 Å². The van der Waals surface area contributed by atoms with Gasteiger partial charge in [0.15, 0.2) is 0 Å². The fraction of sp³-hybridized carbons (Fsp3) is 0.214. The Labute approximate surface area is 119 Å². The molecule has 0 spiro atoms. The molecule has 0 aliphatic heterocycles. The van der Waals surface area contributed by atoms with Crippen molar-refractivity contribution in [3.05, 3.63) is 63.9 Å². The maximum Gasteiger partial charge on any atom is 0.141 e. The first-order valence-corrected chi connectivity index (χ1v) is 6.70. The van der Waals surface area contributed by atoms with Crippen LogP contribution in [0.2, 0.25) is 0 Å². The third-order valence-corrected chi connectivity index (χ3v) is 3.60. The number of hydrogen-bond donors (Lipinski definition) is 1. The largest absolute Gasteiger partial charge is 0.306 e. The number of nitrogens with zero attached hydrogens (tertiary/aromatic N) is 1. The molecule has 1 heterocycles. The minimum atomic E-state index is -0.409. The minimum Gasteiger partial charge on any atom is -0.306 e. The van der Waals surface area contributed by atoms with Crippen LogP contribution in [0, 0.1) is 11.6 Å². The van der Waals surface area contributed by atoms with Gasteiger partial charge in [-0.2, -0.15) is 0 Å². The molecule has 0 fully saturated rings. The van der Waals surface area contributed by atoms with E-state index in [0.717, 1.165) is 6.20 Å². The number of pyridine rings is 1. The van der Waals surface area contributed by atoms with E-state index in [4.69, 9.17) is 0 Å². The summed E-state index contributed by atoms with van der Waals surface area (Å²) in [4.78, 5) is 3.84. The molecular formula is C14H13BrF2N2. The molecule has 0 saturated carbocycles. The van der Waals surface area contributed by atoms with Gasteiger partial charge in [0.2, 0.25) is 0 Å². The van der Waals surface area contributed by atoms with Gasteiger partial charge in [-0.1, -0.05) is 19.1 Å². The maximum absolute atomic E-state index is 13.6. The van der Waals surface area contributed by atoms with E-state index in [-0.39, 0.29) is 11.9 Å². The van der Waals surface area contributed by atoms with Crippen molar-refractivity contribution in [3.63, 3.8) is 0 Å². The normalized spacial score (nSPS) is 12.4. The Kier molecular flexibility index (Phi) is 4.61. The highest BCUT2D eigenvalue weighted by Crippen LogP contribution is 2.30. The highest BCUT2D eigenvalue weighted by molar-refractivity contribution is 9.10. The molecule has 0 aliphatic carbocycles. The Morgan fingerprint density at radius 1 is 1.32 bits per heavy atom. The minimum absolute atomic E-state index is 0.307. The second-order valence-electron chi connectivity index (χ2n) is 4.07. The van der Waals surface area contributed by atoms with Crippen LogP contribution in [0.3, 0.4) is 0 Å². The van der Waals surface area contributed by atoms with Crippen molar-refractivity contribution in [2.75, 3.05) is 6.54 Å². The van der Waals surface area contributed by atoms with Gasteiger partial charge in [-0.25, -0.2) is 8.78 Å². The average Bonchev–Trinajstić information content (AvgIpc) is 2.40. The molecule has 2 nitrogen and oxygen atoms in total. The van der Waals surface area contributed by atoms with Gasteiger partial charge in [-0.05, 0) is 45.7 Å². The maximum atomic E-state index is 13.6. The number of halogens is 3. The third-order valence-electron chi connectivity index (χ3n) is 2.76. The van der Waals surface area contributed by atoms with Crippen LogP contribution in [0.5, 0.6) is 0 Å². The zero-order valence-electron chi connectivity index (χ0n) is 10.3. The van der Waals surface area contributed by atoms with Gasteiger partial charge >= 0.3 is 0 Å². The quantitative estimate of drug-likeness (QED) is 0.923. The topological polar surface area (TPSA) is 24.9 Å². The number of hydrogen-bond acceptors (Lipinski definition) is 2. The summed E-state index contributed by atoms with van der Waals surface area (Å²) < 4.78 is 27.3. The Morgan fingerprint density at radius 3 is 2.79 bits per heavy atom. The van der Waals surface area contributed by atoms with Crippen LogP contribution in [0.15, 0.2) is 41.1 Å². The van der Waals surface area contributed by atoms with E-state index in [1.165, 1.54) is 12.1 Å². The van der Waals surface area contributed by atoms with Crippen molar-refractivity contribution >= 4 is 15.9 Å². The molecule has 0 radical (unpaired) electrons. The van der Waals surface area contributed by atoms with Crippen LogP contribution in [0.25, 0.3) is 0 Å². The van der Waals surface area contributed by atoms with E-state index < -0.39 is 5.82 Å². The van der Waals surface area contributed by atoms with Crippen LogP contribution in [0.1, 0.15) is 24.1 Å². The van der Waals surface area contributed by atoms with Crippen molar-refractivity contribution in [2.45, 2.75) is 13.0 Å². The third kappa shape index (κ3) is 3.16. The summed E-state index contributed by atoms with van der Waals surface area (Å²) >= 11 is 3.24. The molecule has 1 aromatic carbocycles. The lowest BCUT2D eigenvalue weighted by Crippen LogP contribution is -2.23. The predicted molar refractivity (Wildman–Crippen MR) is 73.8 cm³/mol. The molecule has 0 aliphatic rings. The molecule has 1 aromatic heterocycles. The van der Waals surface area contributed by atoms with Crippen molar-refractivity contribution in [3.8, 4) is 0 Å². The summed E-state index contributed by atoms with van der Waals surface area (Å²) in [6, 6.07) is 5.90. The van der Waals surface area contributed by atoms with Crippen LogP contribution in [-0.2, 0) is 0 Å². The molecular weight excluding hydrogens is 314 g/mol. The predicted octanol–water partition coefficient (Wildman–Crippen LogP) is 3.82. The molecule has 5 heteroatoms. The molecule has 0 saturated heterocycles. The second kappa shape index (κ2) is 6.21. The first-order valence-electron chi connectivity index (χ1n) is 5.91. The van der Waals surface area contributed by atoms with Gasteiger partial charge in [0.1, 0.15) is 11.6 Å². The van der Waals surface area contributed by atoms with Gasteiger partial charge in [0.05, 0.1) is 16.7 Å². The number of rotatable bonds is 4. The SMILES string of the molecule is CCNC(c1cncc(F)c1)c1cccc(F)c1Br. The summed E-state index contributed by atoms with van der Waals surface area (Å²) in [5.41, 5.74) is 1.38. The van der Waals surface area contributed by atoms with E-state index in [1.807, 2.05) is 6.92 Å². The number of aromatic nitrogens is 1. The standard InChI is InChI=1S/C14H13BrF2N2/c1-2-19-14(9-6-10(16)8-18-7-9)11-4-3-5-12(17)13(11)15/h3-8,14,19H,2H2,1H3. The highest BCUT2D eigenvalue weighted by Gasteiger charge is 2.18. The molecule has 19 heavy (non-hydrogen) atoms. The molecule has 2 rings (SSSR count). The molecule has 1 unspecified atom stereocenters. The highest BCUT2D eigenvalue weighted by atomic mass is 79.9. The van der Waals surface area contributed by atoms with Gasteiger partial charge in [0, 0.05) is 6.20 Å². The summed E-state index contributed by atoms with van der Waals surface area (Å²) in [6.07, 6.45) is 2.72. The van der Waals surface area contributed by atoms with E-state index in [1.54, 1.807) is 18.3 Å². The van der Waals surface area contributed by atoms with Crippen molar-refractivity contribution in [2.24, 2.45) is 0 Å². The van der Waals surface area contributed by atoms with Gasteiger partial charge < -0.3 is 5.32 Å². The Balaban J connectivity index is 2.48. The fourth-order valence-corrected chi connectivity index (χ4v) is 2.43. The first kappa shape index (κ1) is 14.1. The molecule has 1 atom stereocenters. The molecule has 100 valence electrons. The Bertz CT molecular complexity index is 575. The van der Waals surface area contributed by atoms with E-state index in [0.29, 0.717) is 22.1 Å². The summed E-state index contributed by atoms with van der Waals surface area (Å²) in [5.74, 6) is -0.752. The lowest BCUT2D eigenvalue weighted by atomic mass is 10.00. The Morgan fingerprint density at radius 2 is 2.11 bits per heavy atom. The summed E-state index contributed by atoms with van der Waals surface area (Å²) in [6.45, 7) is 2.61. The monoisotopic (exact) mass is 326 g/mol. The Hall–Kier alpha value is -1.33. The lowest BCUT2D eigenvalue weighted by Gasteiger charge is -2.20. The van der Waals surface area contributed by atoms with Crippen molar-refractivity contribution in [1.82, 2.24) is 10.3 Å². The van der Waals surface area contributed by atoms with Crippen molar-refractivity contribution in [1.29, 1.82) is 0 Å². The molecule has 1 N–H and O–H groups in total. The van der Waals surface area contributed by atoms with Crippen LogP contribution in [0.4, 0.5) is 8.78 Å².